The number of hydrogen-bond donors (Lipinski definition) is 1. The number of carbonyl (C=O) groups is 1. The summed E-state index contributed by atoms with van der Waals surface area (Å²) in [4.78, 5) is 18.8. The molecule has 1 heterocycles. The quantitative estimate of drug-likeness (QED) is 0.880. The van der Waals surface area contributed by atoms with Crippen LogP contribution in [0.5, 0.6) is 0 Å². The number of hydrogen-bond acceptors (Lipinski definition) is 4. The molecule has 0 aliphatic carbocycles. The summed E-state index contributed by atoms with van der Waals surface area (Å²) in [6.07, 6.45) is 0. The molecular weight excluding hydrogens is 290 g/mol. The Morgan fingerprint density at radius 2 is 1.96 bits per heavy atom. The molecular formula is C17H25N5O. The molecule has 2 rings (SSSR count). The van der Waals surface area contributed by atoms with Crippen LogP contribution in [0.4, 0.5) is 0 Å². The van der Waals surface area contributed by atoms with Crippen LogP contribution in [0.3, 0.4) is 0 Å². The first-order valence-corrected chi connectivity index (χ1v) is 7.78. The molecule has 6 heteroatoms. The van der Waals surface area contributed by atoms with Gasteiger partial charge in [0.05, 0.1) is 6.54 Å². The van der Waals surface area contributed by atoms with Crippen LogP contribution in [-0.2, 0) is 11.3 Å². The van der Waals surface area contributed by atoms with E-state index in [4.69, 9.17) is 0 Å². The second kappa shape index (κ2) is 7.37. The lowest BCUT2D eigenvalue weighted by Crippen LogP contribution is -2.38. The summed E-state index contributed by atoms with van der Waals surface area (Å²) in [5, 5.41) is 7.31. The number of nitrogens with one attached hydrogen (secondary N) is 1. The van der Waals surface area contributed by atoms with Gasteiger partial charge in [-0.05, 0) is 46.0 Å². The van der Waals surface area contributed by atoms with E-state index in [1.165, 1.54) is 0 Å². The van der Waals surface area contributed by atoms with Crippen molar-refractivity contribution < 1.29 is 4.79 Å². The van der Waals surface area contributed by atoms with Gasteiger partial charge in [0, 0.05) is 6.54 Å². The van der Waals surface area contributed by atoms with Crippen molar-refractivity contribution in [3.63, 3.8) is 0 Å². The van der Waals surface area contributed by atoms with Gasteiger partial charge in [0.15, 0.2) is 0 Å². The molecule has 6 nitrogen and oxygen atoms in total. The molecule has 0 saturated carbocycles. The molecule has 0 spiro atoms. The van der Waals surface area contributed by atoms with E-state index in [-0.39, 0.29) is 11.9 Å². The highest BCUT2D eigenvalue weighted by atomic mass is 16.2. The van der Waals surface area contributed by atoms with Gasteiger partial charge in [0.2, 0.25) is 5.91 Å². The van der Waals surface area contributed by atoms with Crippen LogP contribution >= 0.6 is 0 Å². The molecule has 0 radical (unpaired) electrons. The molecule has 124 valence electrons. The van der Waals surface area contributed by atoms with E-state index in [0.717, 1.165) is 22.8 Å². The van der Waals surface area contributed by atoms with Crippen molar-refractivity contribution in [3.05, 3.63) is 47.0 Å². The van der Waals surface area contributed by atoms with Gasteiger partial charge in [-0.25, -0.2) is 9.67 Å². The zero-order valence-electron chi connectivity index (χ0n) is 14.5. The predicted octanol–water partition coefficient (Wildman–Crippen LogP) is 1.62. The fourth-order valence-corrected chi connectivity index (χ4v) is 2.70. The third-order valence-electron chi connectivity index (χ3n) is 3.83. The largest absolute Gasteiger partial charge is 0.353 e. The van der Waals surface area contributed by atoms with E-state index < -0.39 is 0 Å². The van der Waals surface area contributed by atoms with Crippen molar-refractivity contribution in [1.29, 1.82) is 0 Å². The number of nitrogens with zero attached hydrogens (tertiary/aromatic N) is 4. The van der Waals surface area contributed by atoms with Gasteiger partial charge in [-0.3, -0.25) is 9.69 Å². The first-order valence-electron chi connectivity index (χ1n) is 7.78. The van der Waals surface area contributed by atoms with Crippen molar-refractivity contribution >= 4 is 5.91 Å². The molecule has 1 amide bonds. The van der Waals surface area contributed by atoms with E-state index in [2.05, 4.69) is 15.4 Å². The lowest BCUT2D eigenvalue weighted by molar-refractivity contribution is -0.125. The van der Waals surface area contributed by atoms with Gasteiger partial charge in [0.1, 0.15) is 17.7 Å². The summed E-state index contributed by atoms with van der Waals surface area (Å²) >= 11 is 0. The van der Waals surface area contributed by atoms with Crippen molar-refractivity contribution in [3.8, 4) is 0 Å². The van der Waals surface area contributed by atoms with E-state index >= 15 is 0 Å². The normalized spacial score (nSPS) is 12.4. The Hall–Kier alpha value is -2.21. The van der Waals surface area contributed by atoms with Gasteiger partial charge in [-0.15, -0.1) is 0 Å². The average Bonchev–Trinajstić information content (AvgIpc) is 2.79. The second-order valence-electron chi connectivity index (χ2n) is 5.94. The molecule has 1 N–H and O–H groups in total. The number of likely N-dealkylation sites (N-methyl/N-ethyl adjacent to an activating group) is 1. The van der Waals surface area contributed by atoms with Crippen molar-refractivity contribution in [2.45, 2.75) is 33.4 Å². The number of benzene rings is 1. The minimum absolute atomic E-state index is 0.00112. The molecule has 1 aromatic heterocycles. The summed E-state index contributed by atoms with van der Waals surface area (Å²) in [5.74, 6) is 1.61. The first kappa shape index (κ1) is 17.1. The maximum atomic E-state index is 12.6. The summed E-state index contributed by atoms with van der Waals surface area (Å²) in [6.45, 7) is 6.95. The van der Waals surface area contributed by atoms with Crippen LogP contribution in [0.1, 0.15) is 28.8 Å². The van der Waals surface area contributed by atoms with E-state index in [0.29, 0.717) is 13.1 Å². The molecule has 1 aromatic carbocycles. The number of amides is 1. The van der Waals surface area contributed by atoms with E-state index in [1.54, 1.807) is 0 Å². The monoisotopic (exact) mass is 315 g/mol. The Morgan fingerprint density at radius 3 is 2.52 bits per heavy atom. The Labute approximate surface area is 137 Å². The zero-order valence-corrected chi connectivity index (χ0v) is 14.5. The zero-order chi connectivity index (χ0) is 17.0. The van der Waals surface area contributed by atoms with Crippen LogP contribution in [0.25, 0.3) is 0 Å². The highest BCUT2D eigenvalue weighted by Crippen LogP contribution is 2.21. The first-order chi connectivity index (χ1) is 10.9. The van der Waals surface area contributed by atoms with Crippen LogP contribution < -0.4 is 5.32 Å². The minimum Gasteiger partial charge on any atom is -0.353 e. The molecule has 0 saturated heterocycles. The van der Waals surface area contributed by atoms with E-state index in [1.807, 2.05) is 68.7 Å². The molecule has 0 aliphatic heterocycles. The summed E-state index contributed by atoms with van der Waals surface area (Å²) in [5.41, 5.74) is 2.15. The van der Waals surface area contributed by atoms with E-state index in [9.17, 15) is 4.79 Å². The average molecular weight is 315 g/mol. The Bertz CT molecular complexity index is 677. The Kier molecular flexibility index (Phi) is 5.50. The highest BCUT2D eigenvalue weighted by molar-refractivity contribution is 5.83. The summed E-state index contributed by atoms with van der Waals surface area (Å²) < 4.78 is 1.81. The second-order valence-corrected chi connectivity index (χ2v) is 5.94. The third kappa shape index (κ3) is 4.16. The maximum Gasteiger partial charge on any atom is 0.242 e. The fourth-order valence-electron chi connectivity index (χ4n) is 2.70. The Balaban J connectivity index is 2.02. The maximum absolute atomic E-state index is 12.6. The van der Waals surface area contributed by atoms with Gasteiger partial charge in [-0.1, -0.05) is 24.3 Å². The molecule has 23 heavy (non-hydrogen) atoms. The fraction of sp³-hybridized carbons (Fsp3) is 0.471. The highest BCUT2D eigenvalue weighted by Gasteiger charge is 2.23. The smallest absolute Gasteiger partial charge is 0.242 e. The van der Waals surface area contributed by atoms with Gasteiger partial charge in [-0.2, -0.15) is 5.10 Å². The molecule has 1 atom stereocenters. The van der Waals surface area contributed by atoms with Gasteiger partial charge in [0.25, 0.3) is 0 Å². The standard InChI is InChI=1S/C17H25N5O/c1-12-8-6-7-9-15(12)16(21(4)5)17(23)18-10-11-22-14(3)19-13(2)20-22/h6-9,16H,10-11H2,1-5H3,(H,18,23)/t16-/m1/s1. The SMILES string of the molecule is Cc1nc(C)n(CCNC(=O)[C@@H](c2ccccc2C)N(C)C)n1. The molecule has 0 bridgehead atoms. The molecule has 0 fully saturated rings. The summed E-state index contributed by atoms with van der Waals surface area (Å²) in [7, 11) is 3.84. The number of aromatic nitrogens is 3. The van der Waals surface area contributed by atoms with Crippen LogP contribution in [-0.4, -0.2) is 46.2 Å². The minimum atomic E-state index is -0.297. The lowest BCUT2D eigenvalue weighted by Gasteiger charge is -2.25. The van der Waals surface area contributed by atoms with Crippen molar-refractivity contribution in [1.82, 2.24) is 25.0 Å². The topological polar surface area (TPSA) is 63.1 Å². The van der Waals surface area contributed by atoms with Gasteiger partial charge < -0.3 is 5.32 Å². The van der Waals surface area contributed by atoms with Crippen molar-refractivity contribution in [2.24, 2.45) is 0 Å². The molecule has 0 aliphatic rings. The van der Waals surface area contributed by atoms with Crippen LogP contribution in [0.15, 0.2) is 24.3 Å². The number of carbonyl (C=O) groups excluding carboxylic acids is 1. The van der Waals surface area contributed by atoms with Crippen molar-refractivity contribution in [2.75, 3.05) is 20.6 Å². The predicted molar refractivity (Wildman–Crippen MR) is 90.1 cm³/mol. The lowest BCUT2D eigenvalue weighted by atomic mass is 10.00. The molecule has 0 unspecified atom stereocenters. The summed E-state index contributed by atoms with van der Waals surface area (Å²) in [6, 6.07) is 7.69. The Morgan fingerprint density at radius 1 is 1.26 bits per heavy atom. The number of rotatable bonds is 6. The number of aryl methyl sites for hydroxylation is 3. The van der Waals surface area contributed by atoms with Crippen LogP contribution in [0.2, 0.25) is 0 Å². The molecule has 2 aromatic rings. The third-order valence-corrected chi connectivity index (χ3v) is 3.83. The van der Waals surface area contributed by atoms with Crippen LogP contribution in [0, 0.1) is 20.8 Å². The van der Waals surface area contributed by atoms with Gasteiger partial charge >= 0.3 is 0 Å².